The van der Waals surface area contributed by atoms with E-state index in [1.54, 1.807) is 29.2 Å². The van der Waals surface area contributed by atoms with E-state index >= 15 is 0 Å². The number of nitrogens with zero attached hydrogens (tertiary/aromatic N) is 2. The Labute approximate surface area is 173 Å². The number of benzene rings is 2. The minimum Gasteiger partial charge on any atom is -0.324 e. The lowest BCUT2D eigenvalue weighted by atomic mass is 10.2. The number of hydrogen-bond acceptors (Lipinski definition) is 4. The largest absolute Gasteiger partial charge is 0.324 e. The van der Waals surface area contributed by atoms with Crippen LogP contribution in [0.3, 0.4) is 0 Å². The van der Waals surface area contributed by atoms with Crippen molar-refractivity contribution in [2.75, 3.05) is 27.3 Å². The molecule has 0 aliphatic carbocycles. The standard InChI is InChI=1S/C20H21F2N3O4S/c1-13(25(30(2,28)29)16-8-9-17(21)18(22)12-16)20(27)23-14-5-3-6-15(11-14)24-10-4-7-19(24)26/h3,5-6,8-9,11-13H,4,7,10H2,1-2H3,(H,23,27)/t13-/m1/s1. The van der Waals surface area contributed by atoms with Gasteiger partial charge in [-0.3, -0.25) is 13.9 Å². The fourth-order valence-corrected chi connectivity index (χ4v) is 4.52. The van der Waals surface area contributed by atoms with Crippen LogP contribution in [0.5, 0.6) is 0 Å². The van der Waals surface area contributed by atoms with Gasteiger partial charge < -0.3 is 10.2 Å². The molecule has 30 heavy (non-hydrogen) atoms. The lowest BCUT2D eigenvalue weighted by Gasteiger charge is -2.28. The highest BCUT2D eigenvalue weighted by atomic mass is 32.2. The van der Waals surface area contributed by atoms with E-state index in [2.05, 4.69) is 5.32 Å². The summed E-state index contributed by atoms with van der Waals surface area (Å²) >= 11 is 0. The molecule has 1 fully saturated rings. The van der Waals surface area contributed by atoms with Gasteiger partial charge in [0.2, 0.25) is 21.8 Å². The number of hydrogen-bond donors (Lipinski definition) is 1. The molecular weight excluding hydrogens is 416 g/mol. The second kappa shape index (κ2) is 8.39. The van der Waals surface area contributed by atoms with Crippen LogP contribution in [-0.2, 0) is 19.6 Å². The molecule has 1 N–H and O–H groups in total. The molecule has 10 heteroatoms. The highest BCUT2D eigenvalue weighted by Gasteiger charge is 2.30. The lowest BCUT2D eigenvalue weighted by Crippen LogP contribution is -2.45. The number of carbonyl (C=O) groups excluding carboxylic acids is 2. The number of nitrogens with one attached hydrogen (secondary N) is 1. The summed E-state index contributed by atoms with van der Waals surface area (Å²) < 4.78 is 52.2. The second-order valence-corrected chi connectivity index (χ2v) is 8.88. The molecule has 0 unspecified atom stereocenters. The Hall–Kier alpha value is -3.01. The maximum Gasteiger partial charge on any atom is 0.247 e. The second-order valence-electron chi connectivity index (χ2n) is 7.02. The van der Waals surface area contributed by atoms with Gasteiger partial charge >= 0.3 is 0 Å². The normalized spacial score (nSPS) is 15.2. The van der Waals surface area contributed by atoms with Gasteiger partial charge in [0.1, 0.15) is 6.04 Å². The minimum atomic E-state index is -3.98. The summed E-state index contributed by atoms with van der Waals surface area (Å²) in [6, 6.07) is 8.00. The van der Waals surface area contributed by atoms with E-state index in [0.717, 1.165) is 35.2 Å². The van der Waals surface area contributed by atoms with E-state index in [1.165, 1.54) is 6.92 Å². The van der Waals surface area contributed by atoms with Gasteiger partial charge in [-0.25, -0.2) is 17.2 Å². The Morgan fingerprint density at radius 2 is 1.90 bits per heavy atom. The van der Waals surface area contributed by atoms with Crippen molar-refractivity contribution in [3.05, 3.63) is 54.1 Å². The van der Waals surface area contributed by atoms with Gasteiger partial charge in [0.25, 0.3) is 0 Å². The average Bonchev–Trinajstić information content (AvgIpc) is 3.10. The van der Waals surface area contributed by atoms with Crippen molar-refractivity contribution < 1.29 is 26.8 Å². The summed E-state index contributed by atoms with van der Waals surface area (Å²) in [6.07, 6.45) is 2.09. The molecule has 0 radical (unpaired) electrons. The van der Waals surface area contributed by atoms with Crippen molar-refractivity contribution in [2.45, 2.75) is 25.8 Å². The van der Waals surface area contributed by atoms with Crippen molar-refractivity contribution in [3.63, 3.8) is 0 Å². The summed E-state index contributed by atoms with van der Waals surface area (Å²) in [4.78, 5) is 26.3. The first kappa shape index (κ1) is 21.7. The molecule has 0 bridgehead atoms. The average molecular weight is 437 g/mol. The Kier molecular flexibility index (Phi) is 6.06. The predicted molar refractivity (Wildman–Crippen MR) is 110 cm³/mol. The molecule has 1 saturated heterocycles. The maximum absolute atomic E-state index is 13.6. The third-order valence-electron chi connectivity index (χ3n) is 4.74. The maximum atomic E-state index is 13.6. The van der Waals surface area contributed by atoms with Crippen LogP contribution < -0.4 is 14.5 Å². The molecule has 3 rings (SSSR count). The first-order valence-electron chi connectivity index (χ1n) is 9.23. The highest BCUT2D eigenvalue weighted by molar-refractivity contribution is 7.92. The summed E-state index contributed by atoms with van der Waals surface area (Å²) in [6.45, 7) is 1.93. The van der Waals surface area contributed by atoms with Crippen LogP contribution >= 0.6 is 0 Å². The van der Waals surface area contributed by atoms with E-state index in [9.17, 15) is 26.8 Å². The van der Waals surface area contributed by atoms with Crippen LogP contribution in [0.2, 0.25) is 0 Å². The van der Waals surface area contributed by atoms with Crippen molar-refractivity contribution in [3.8, 4) is 0 Å². The monoisotopic (exact) mass is 437 g/mol. The van der Waals surface area contributed by atoms with E-state index in [4.69, 9.17) is 0 Å². The summed E-state index contributed by atoms with van der Waals surface area (Å²) in [5.74, 6) is -3.03. The zero-order chi connectivity index (χ0) is 22.1. The highest BCUT2D eigenvalue weighted by Crippen LogP contribution is 2.26. The van der Waals surface area contributed by atoms with Gasteiger partial charge in [-0.1, -0.05) is 6.07 Å². The van der Waals surface area contributed by atoms with Crippen LogP contribution in [0, 0.1) is 11.6 Å². The number of halogens is 2. The molecule has 160 valence electrons. The fraction of sp³-hybridized carbons (Fsp3) is 0.300. The topological polar surface area (TPSA) is 86.8 Å². The molecule has 2 amide bonds. The first-order chi connectivity index (χ1) is 14.1. The zero-order valence-electron chi connectivity index (χ0n) is 16.4. The first-order valence-corrected chi connectivity index (χ1v) is 11.1. The smallest absolute Gasteiger partial charge is 0.247 e. The third-order valence-corrected chi connectivity index (χ3v) is 5.99. The Bertz CT molecular complexity index is 1090. The van der Waals surface area contributed by atoms with Gasteiger partial charge in [0.05, 0.1) is 11.9 Å². The fourth-order valence-electron chi connectivity index (χ4n) is 3.35. The van der Waals surface area contributed by atoms with E-state index in [-0.39, 0.29) is 11.6 Å². The van der Waals surface area contributed by atoms with Crippen molar-refractivity contribution in [1.29, 1.82) is 0 Å². The molecule has 0 saturated carbocycles. The quantitative estimate of drug-likeness (QED) is 0.753. The van der Waals surface area contributed by atoms with Crippen molar-refractivity contribution in [1.82, 2.24) is 0 Å². The zero-order valence-corrected chi connectivity index (χ0v) is 17.2. The van der Waals surface area contributed by atoms with E-state index in [1.807, 2.05) is 0 Å². The predicted octanol–water partition coefficient (Wildman–Crippen LogP) is 2.88. The van der Waals surface area contributed by atoms with Gasteiger partial charge in [-0.15, -0.1) is 0 Å². The van der Waals surface area contributed by atoms with Gasteiger partial charge in [0, 0.05) is 30.4 Å². The Morgan fingerprint density at radius 1 is 1.17 bits per heavy atom. The SMILES string of the molecule is C[C@H](C(=O)Nc1cccc(N2CCCC2=O)c1)N(c1ccc(F)c(F)c1)S(C)(=O)=O. The summed E-state index contributed by atoms with van der Waals surface area (Å²) in [5, 5.41) is 2.62. The lowest BCUT2D eigenvalue weighted by molar-refractivity contribution is -0.117. The van der Waals surface area contributed by atoms with Gasteiger partial charge in [0.15, 0.2) is 11.6 Å². The molecule has 2 aromatic carbocycles. The summed E-state index contributed by atoms with van der Waals surface area (Å²) in [5.41, 5.74) is 0.835. The molecule has 0 aromatic heterocycles. The number of rotatable bonds is 6. The van der Waals surface area contributed by atoms with Crippen LogP contribution in [0.15, 0.2) is 42.5 Å². The van der Waals surface area contributed by atoms with E-state index < -0.39 is 33.6 Å². The van der Waals surface area contributed by atoms with Crippen molar-refractivity contribution in [2.24, 2.45) is 0 Å². The number of amides is 2. The summed E-state index contributed by atoms with van der Waals surface area (Å²) in [7, 11) is -3.98. The van der Waals surface area contributed by atoms with Gasteiger partial charge in [-0.05, 0) is 43.7 Å². The van der Waals surface area contributed by atoms with Crippen LogP contribution in [0.4, 0.5) is 25.8 Å². The number of anilines is 3. The third kappa shape index (κ3) is 4.59. The molecule has 2 aromatic rings. The molecular formula is C20H21F2N3O4S. The number of carbonyl (C=O) groups is 2. The molecule has 1 heterocycles. The molecule has 1 atom stereocenters. The minimum absolute atomic E-state index is 0.00608. The Morgan fingerprint density at radius 3 is 2.50 bits per heavy atom. The number of sulfonamides is 1. The molecule has 1 aliphatic rings. The van der Waals surface area contributed by atoms with Crippen LogP contribution in [0.25, 0.3) is 0 Å². The molecule has 1 aliphatic heterocycles. The molecule has 0 spiro atoms. The Balaban J connectivity index is 1.84. The molecule has 7 nitrogen and oxygen atoms in total. The van der Waals surface area contributed by atoms with E-state index in [0.29, 0.717) is 24.3 Å². The van der Waals surface area contributed by atoms with Crippen LogP contribution in [-0.4, -0.2) is 39.1 Å². The van der Waals surface area contributed by atoms with Gasteiger partial charge in [-0.2, -0.15) is 0 Å². The van der Waals surface area contributed by atoms with Crippen LogP contribution in [0.1, 0.15) is 19.8 Å². The van der Waals surface area contributed by atoms with Crippen molar-refractivity contribution >= 4 is 38.9 Å².